The van der Waals surface area contributed by atoms with Crippen molar-refractivity contribution in [1.82, 2.24) is 14.8 Å². The molecule has 0 aliphatic heterocycles. The molecule has 0 radical (unpaired) electrons. The molecule has 4 aromatic rings. The van der Waals surface area contributed by atoms with Crippen molar-refractivity contribution in [2.75, 3.05) is 17.7 Å². The third kappa shape index (κ3) is 6.45. The highest BCUT2D eigenvalue weighted by Crippen LogP contribution is 2.31. The van der Waals surface area contributed by atoms with E-state index in [4.69, 9.17) is 4.74 Å². The Kier molecular flexibility index (Phi) is 7.94. The quantitative estimate of drug-likeness (QED) is 0.278. The minimum absolute atomic E-state index is 0.0588. The van der Waals surface area contributed by atoms with Gasteiger partial charge in [0.15, 0.2) is 5.16 Å². The van der Waals surface area contributed by atoms with Gasteiger partial charge in [-0.1, -0.05) is 48.2 Å². The number of anilines is 1. The number of rotatable bonds is 9. The fourth-order valence-electron chi connectivity index (χ4n) is 3.50. The molecule has 0 fully saturated rings. The zero-order valence-corrected chi connectivity index (χ0v) is 20.1. The van der Waals surface area contributed by atoms with Crippen LogP contribution in [0.5, 0.6) is 5.75 Å². The van der Waals surface area contributed by atoms with E-state index in [0.29, 0.717) is 24.0 Å². The second kappa shape index (κ2) is 11.3. The molecule has 1 heterocycles. The van der Waals surface area contributed by atoms with Gasteiger partial charge in [-0.3, -0.25) is 9.36 Å². The zero-order chi connectivity index (χ0) is 25.5. The van der Waals surface area contributed by atoms with Crippen molar-refractivity contribution in [3.8, 4) is 11.4 Å². The predicted molar refractivity (Wildman–Crippen MR) is 133 cm³/mol. The van der Waals surface area contributed by atoms with E-state index in [-0.39, 0.29) is 11.4 Å². The van der Waals surface area contributed by atoms with Crippen molar-refractivity contribution < 1.29 is 22.7 Å². The van der Waals surface area contributed by atoms with Gasteiger partial charge in [0.1, 0.15) is 11.6 Å². The molecule has 0 saturated heterocycles. The molecule has 0 saturated carbocycles. The van der Waals surface area contributed by atoms with Gasteiger partial charge in [0.25, 0.3) is 0 Å². The van der Waals surface area contributed by atoms with Gasteiger partial charge in [-0.2, -0.15) is 13.2 Å². The Balaban J connectivity index is 1.53. The van der Waals surface area contributed by atoms with E-state index >= 15 is 0 Å². The number of nitrogens with one attached hydrogen (secondary N) is 1. The molecular weight excluding hydrogens is 489 g/mol. The molecule has 0 aliphatic rings. The molecule has 186 valence electrons. The zero-order valence-electron chi connectivity index (χ0n) is 19.3. The Morgan fingerprint density at radius 1 is 1.00 bits per heavy atom. The number of amides is 1. The topological polar surface area (TPSA) is 69.0 Å². The van der Waals surface area contributed by atoms with Crippen molar-refractivity contribution in [3.63, 3.8) is 0 Å². The van der Waals surface area contributed by atoms with Gasteiger partial charge in [0.05, 0.1) is 17.9 Å². The maximum atomic E-state index is 13.0. The maximum absolute atomic E-state index is 13.0. The molecule has 0 atom stereocenters. The van der Waals surface area contributed by atoms with Crippen LogP contribution in [0.15, 0.2) is 84.0 Å². The molecule has 1 amide bonds. The first kappa shape index (κ1) is 25.3. The lowest BCUT2D eigenvalue weighted by molar-refractivity contribution is -0.137. The van der Waals surface area contributed by atoms with E-state index in [0.717, 1.165) is 40.9 Å². The molecular formula is C26H23F3N4O2S. The molecule has 6 nitrogen and oxygen atoms in total. The van der Waals surface area contributed by atoms with Crippen LogP contribution in [0.4, 0.5) is 18.9 Å². The summed E-state index contributed by atoms with van der Waals surface area (Å²) in [6, 6.07) is 21.8. The van der Waals surface area contributed by atoms with Gasteiger partial charge in [-0.25, -0.2) is 0 Å². The van der Waals surface area contributed by atoms with E-state index in [1.165, 1.54) is 12.1 Å². The van der Waals surface area contributed by atoms with E-state index < -0.39 is 17.6 Å². The fraction of sp³-hybridized carbons (Fsp3) is 0.192. The van der Waals surface area contributed by atoms with Gasteiger partial charge in [0, 0.05) is 17.8 Å². The van der Waals surface area contributed by atoms with Gasteiger partial charge >= 0.3 is 6.18 Å². The third-order valence-electron chi connectivity index (χ3n) is 5.12. The van der Waals surface area contributed by atoms with Crippen LogP contribution in [-0.2, 0) is 17.4 Å². The van der Waals surface area contributed by atoms with Crippen LogP contribution >= 0.6 is 11.8 Å². The number of hydrogen-bond acceptors (Lipinski definition) is 5. The molecule has 36 heavy (non-hydrogen) atoms. The highest BCUT2D eigenvalue weighted by Gasteiger charge is 2.30. The Morgan fingerprint density at radius 2 is 1.75 bits per heavy atom. The lowest BCUT2D eigenvalue weighted by Crippen LogP contribution is -2.15. The number of halogens is 3. The number of thioether (sulfide) groups is 1. The van der Waals surface area contributed by atoms with Gasteiger partial charge < -0.3 is 10.1 Å². The summed E-state index contributed by atoms with van der Waals surface area (Å²) in [5.41, 5.74) is 1.10. The summed E-state index contributed by atoms with van der Waals surface area (Å²) in [5.74, 6) is 0.904. The average Bonchev–Trinajstić information content (AvgIpc) is 3.26. The van der Waals surface area contributed by atoms with Crippen LogP contribution < -0.4 is 10.1 Å². The SMILES string of the molecule is CCOc1ccc(-n2c(Cc3ccccc3)nnc2SCC(=O)Nc2cccc(C(F)(F)F)c2)cc1. The first-order valence-corrected chi connectivity index (χ1v) is 12.1. The summed E-state index contributed by atoms with van der Waals surface area (Å²) in [6.07, 6.45) is -3.96. The van der Waals surface area contributed by atoms with E-state index in [9.17, 15) is 18.0 Å². The molecule has 10 heteroatoms. The second-order valence-electron chi connectivity index (χ2n) is 7.74. The van der Waals surface area contributed by atoms with Crippen LogP contribution in [0, 0.1) is 0 Å². The monoisotopic (exact) mass is 512 g/mol. The summed E-state index contributed by atoms with van der Waals surface area (Å²) in [6.45, 7) is 2.46. The third-order valence-corrected chi connectivity index (χ3v) is 6.05. The summed E-state index contributed by atoms with van der Waals surface area (Å²) in [7, 11) is 0. The number of alkyl halides is 3. The summed E-state index contributed by atoms with van der Waals surface area (Å²) in [4.78, 5) is 12.5. The molecule has 1 N–H and O–H groups in total. The first-order chi connectivity index (χ1) is 17.3. The second-order valence-corrected chi connectivity index (χ2v) is 8.68. The number of nitrogens with zero attached hydrogens (tertiary/aromatic N) is 3. The number of ether oxygens (including phenoxy) is 1. The minimum atomic E-state index is -4.49. The molecule has 0 aliphatic carbocycles. The van der Waals surface area contributed by atoms with Crippen LogP contribution in [0.25, 0.3) is 5.69 Å². The van der Waals surface area contributed by atoms with E-state index in [1.807, 2.05) is 66.1 Å². The number of carbonyl (C=O) groups is 1. The number of aromatic nitrogens is 3. The minimum Gasteiger partial charge on any atom is -0.494 e. The lowest BCUT2D eigenvalue weighted by Gasteiger charge is -2.12. The maximum Gasteiger partial charge on any atom is 0.416 e. The first-order valence-electron chi connectivity index (χ1n) is 11.1. The smallest absolute Gasteiger partial charge is 0.416 e. The van der Waals surface area contributed by atoms with Crippen molar-refractivity contribution in [2.24, 2.45) is 0 Å². The summed E-state index contributed by atoms with van der Waals surface area (Å²) in [5, 5.41) is 11.6. The normalized spacial score (nSPS) is 11.3. The van der Waals surface area contributed by atoms with Crippen molar-refractivity contribution >= 4 is 23.4 Å². The van der Waals surface area contributed by atoms with Crippen molar-refractivity contribution in [2.45, 2.75) is 24.7 Å². The highest BCUT2D eigenvalue weighted by atomic mass is 32.2. The molecule has 0 bridgehead atoms. The number of carbonyl (C=O) groups excluding carboxylic acids is 1. The van der Waals surface area contributed by atoms with Crippen LogP contribution in [0.2, 0.25) is 0 Å². The van der Waals surface area contributed by atoms with Crippen LogP contribution in [-0.4, -0.2) is 33.0 Å². The van der Waals surface area contributed by atoms with Crippen molar-refractivity contribution in [1.29, 1.82) is 0 Å². The Bertz CT molecular complexity index is 1310. The van der Waals surface area contributed by atoms with Crippen molar-refractivity contribution in [3.05, 3.63) is 95.8 Å². The van der Waals surface area contributed by atoms with E-state index in [2.05, 4.69) is 15.5 Å². The fourth-order valence-corrected chi connectivity index (χ4v) is 4.28. The number of benzene rings is 3. The summed E-state index contributed by atoms with van der Waals surface area (Å²) < 4.78 is 46.3. The standard InChI is InChI=1S/C26H23F3N4O2S/c1-2-35-22-13-11-21(12-14-22)33-23(15-18-7-4-3-5-8-18)31-32-25(33)36-17-24(34)30-20-10-6-9-19(16-20)26(27,28)29/h3-14,16H,2,15,17H2,1H3,(H,30,34). The van der Waals surface area contributed by atoms with Crippen LogP contribution in [0.3, 0.4) is 0 Å². The highest BCUT2D eigenvalue weighted by molar-refractivity contribution is 7.99. The Labute approximate surface area is 210 Å². The van der Waals surface area contributed by atoms with Gasteiger partial charge in [-0.15, -0.1) is 10.2 Å². The predicted octanol–water partition coefficient (Wildman–Crippen LogP) is 6.01. The molecule has 0 unspecified atom stereocenters. The Morgan fingerprint density at radius 3 is 2.44 bits per heavy atom. The molecule has 3 aromatic carbocycles. The number of hydrogen-bond donors (Lipinski definition) is 1. The molecule has 1 aromatic heterocycles. The van der Waals surface area contributed by atoms with Crippen LogP contribution in [0.1, 0.15) is 23.9 Å². The summed E-state index contributed by atoms with van der Waals surface area (Å²) >= 11 is 1.15. The average molecular weight is 513 g/mol. The molecule has 0 spiro atoms. The van der Waals surface area contributed by atoms with E-state index in [1.54, 1.807) is 0 Å². The van der Waals surface area contributed by atoms with Gasteiger partial charge in [-0.05, 0) is 55.0 Å². The largest absolute Gasteiger partial charge is 0.494 e. The lowest BCUT2D eigenvalue weighted by atomic mass is 10.1. The van der Waals surface area contributed by atoms with Gasteiger partial charge in [0.2, 0.25) is 5.91 Å². The molecule has 4 rings (SSSR count). The Hall–Kier alpha value is -3.79.